The maximum Gasteiger partial charge on any atom is 0.119 e. The van der Waals surface area contributed by atoms with Crippen molar-refractivity contribution in [2.45, 2.75) is 6.10 Å². The molecule has 1 atom stereocenters. The molecule has 1 aromatic rings. The van der Waals surface area contributed by atoms with Gasteiger partial charge in [0.05, 0.1) is 19.3 Å². The zero-order valence-electron chi connectivity index (χ0n) is 13.1. The van der Waals surface area contributed by atoms with Crippen LogP contribution in [-0.2, 0) is 4.74 Å². The van der Waals surface area contributed by atoms with Gasteiger partial charge in [-0.15, -0.1) is 0 Å². The molecular weight excluding hydrogens is 348 g/mol. The molecule has 5 nitrogen and oxygen atoms in total. The largest absolute Gasteiger partial charge is 0.491 e. The molecule has 1 aliphatic heterocycles. The molecule has 1 fully saturated rings. The quantitative estimate of drug-likeness (QED) is 0.699. The molecule has 1 N–H and O–H groups in total. The maximum absolute atomic E-state index is 9.99. The van der Waals surface area contributed by atoms with Crippen LogP contribution in [-0.4, -0.2) is 80.6 Å². The van der Waals surface area contributed by atoms with Crippen molar-refractivity contribution in [2.24, 2.45) is 0 Å². The summed E-state index contributed by atoms with van der Waals surface area (Å²) in [5, 5.41) is 9.99. The van der Waals surface area contributed by atoms with Crippen LogP contribution in [0.3, 0.4) is 0 Å². The van der Waals surface area contributed by atoms with Gasteiger partial charge in [-0.25, -0.2) is 0 Å². The Hall–Kier alpha value is -0.660. The van der Waals surface area contributed by atoms with Crippen LogP contribution in [0, 0.1) is 0 Å². The first kappa shape index (κ1) is 17.7. The summed E-state index contributed by atoms with van der Waals surface area (Å²) in [6.45, 7) is 6.17. The van der Waals surface area contributed by atoms with Crippen molar-refractivity contribution in [2.75, 3.05) is 59.6 Å². The highest BCUT2D eigenvalue weighted by Crippen LogP contribution is 2.15. The van der Waals surface area contributed by atoms with Crippen LogP contribution >= 0.6 is 15.9 Å². The SMILES string of the molecule is CN1CCN(C[C@H](O)COCCOc2ccc(Br)cc2)CC1. The third-order valence-corrected chi connectivity index (χ3v) is 4.21. The predicted octanol–water partition coefficient (Wildman–Crippen LogP) is 1.45. The fraction of sp³-hybridized carbons (Fsp3) is 0.625. The highest BCUT2D eigenvalue weighted by atomic mass is 79.9. The minimum atomic E-state index is -0.434. The number of aliphatic hydroxyl groups is 1. The summed E-state index contributed by atoms with van der Waals surface area (Å²) in [5.41, 5.74) is 0. The predicted molar refractivity (Wildman–Crippen MR) is 90.4 cm³/mol. The number of hydrogen-bond donors (Lipinski definition) is 1. The van der Waals surface area contributed by atoms with E-state index in [2.05, 4.69) is 32.8 Å². The Morgan fingerprint density at radius 1 is 1.14 bits per heavy atom. The van der Waals surface area contributed by atoms with Crippen molar-refractivity contribution in [3.05, 3.63) is 28.7 Å². The molecule has 1 aromatic carbocycles. The Morgan fingerprint density at radius 3 is 2.50 bits per heavy atom. The molecule has 1 saturated heterocycles. The molecule has 22 heavy (non-hydrogen) atoms. The lowest BCUT2D eigenvalue weighted by Gasteiger charge is -2.33. The van der Waals surface area contributed by atoms with E-state index in [1.54, 1.807) is 0 Å². The number of benzene rings is 1. The summed E-state index contributed by atoms with van der Waals surface area (Å²) in [6.07, 6.45) is -0.434. The first-order chi connectivity index (χ1) is 10.6. The number of hydrogen-bond acceptors (Lipinski definition) is 5. The number of nitrogens with zero attached hydrogens (tertiary/aromatic N) is 2. The zero-order valence-corrected chi connectivity index (χ0v) is 14.7. The Balaban J connectivity index is 1.51. The van der Waals surface area contributed by atoms with Crippen molar-refractivity contribution in [1.29, 1.82) is 0 Å². The van der Waals surface area contributed by atoms with E-state index in [0.717, 1.165) is 36.4 Å². The third-order valence-electron chi connectivity index (χ3n) is 3.69. The Labute approximate surface area is 140 Å². The Bertz CT molecular complexity index is 422. The molecule has 0 radical (unpaired) electrons. The molecule has 124 valence electrons. The topological polar surface area (TPSA) is 45.2 Å². The fourth-order valence-electron chi connectivity index (χ4n) is 2.35. The normalized spacial score (nSPS) is 18.3. The smallest absolute Gasteiger partial charge is 0.119 e. The molecule has 1 aliphatic rings. The number of aliphatic hydroxyl groups excluding tert-OH is 1. The van der Waals surface area contributed by atoms with Crippen LogP contribution in [0.4, 0.5) is 0 Å². The van der Waals surface area contributed by atoms with Gasteiger partial charge >= 0.3 is 0 Å². The number of piperazine rings is 1. The average Bonchev–Trinajstić information content (AvgIpc) is 2.51. The molecule has 0 bridgehead atoms. The maximum atomic E-state index is 9.99. The lowest BCUT2D eigenvalue weighted by Crippen LogP contribution is -2.47. The van der Waals surface area contributed by atoms with Crippen LogP contribution < -0.4 is 4.74 Å². The van der Waals surface area contributed by atoms with Crippen LogP contribution in [0.2, 0.25) is 0 Å². The first-order valence-electron chi connectivity index (χ1n) is 7.68. The Morgan fingerprint density at radius 2 is 1.82 bits per heavy atom. The number of β-amino-alcohol motifs (C(OH)–C–C–N with tert-alkyl or cyclic N) is 1. The second-order valence-electron chi connectivity index (χ2n) is 5.64. The first-order valence-corrected chi connectivity index (χ1v) is 8.48. The van der Waals surface area contributed by atoms with E-state index in [4.69, 9.17) is 9.47 Å². The molecule has 0 aliphatic carbocycles. The van der Waals surface area contributed by atoms with E-state index in [1.165, 1.54) is 0 Å². The van der Waals surface area contributed by atoms with Gasteiger partial charge in [0.15, 0.2) is 0 Å². The standard InChI is InChI=1S/C16H25BrN2O3/c1-18-6-8-19(9-7-18)12-15(20)13-21-10-11-22-16-4-2-14(17)3-5-16/h2-5,15,20H,6-13H2,1H3/t15-/m0/s1. The summed E-state index contributed by atoms with van der Waals surface area (Å²) in [6, 6.07) is 7.70. The van der Waals surface area contributed by atoms with E-state index in [1.807, 2.05) is 24.3 Å². The second kappa shape index (κ2) is 9.47. The van der Waals surface area contributed by atoms with Gasteiger partial charge in [-0.1, -0.05) is 15.9 Å². The summed E-state index contributed by atoms with van der Waals surface area (Å²) in [7, 11) is 2.13. The lowest BCUT2D eigenvalue weighted by atomic mass is 10.3. The number of likely N-dealkylation sites (N-methyl/N-ethyl adjacent to an activating group) is 1. The highest BCUT2D eigenvalue weighted by molar-refractivity contribution is 9.10. The van der Waals surface area contributed by atoms with Gasteiger partial charge < -0.3 is 19.5 Å². The summed E-state index contributed by atoms with van der Waals surface area (Å²) in [4.78, 5) is 4.59. The minimum absolute atomic E-state index is 0.357. The van der Waals surface area contributed by atoms with Crippen molar-refractivity contribution >= 4 is 15.9 Å². The zero-order chi connectivity index (χ0) is 15.8. The van der Waals surface area contributed by atoms with Crippen molar-refractivity contribution < 1.29 is 14.6 Å². The minimum Gasteiger partial charge on any atom is -0.491 e. The monoisotopic (exact) mass is 372 g/mol. The van der Waals surface area contributed by atoms with Crippen molar-refractivity contribution in [3.63, 3.8) is 0 Å². The second-order valence-corrected chi connectivity index (χ2v) is 6.55. The average molecular weight is 373 g/mol. The van der Waals surface area contributed by atoms with E-state index in [9.17, 15) is 5.11 Å². The summed E-state index contributed by atoms with van der Waals surface area (Å²) < 4.78 is 12.1. The summed E-state index contributed by atoms with van der Waals surface area (Å²) >= 11 is 3.38. The molecule has 0 spiro atoms. The molecule has 0 aromatic heterocycles. The van der Waals surface area contributed by atoms with Gasteiger partial charge in [0, 0.05) is 37.2 Å². The van der Waals surface area contributed by atoms with Crippen LogP contribution in [0.25, 0.3) is 0 Å². The number of rotatable bonds is 8. The van der Waals surface area contributed by atoms with Crippen LogP contribution in [0.5, 0.6) is 5.75 Å². The fourth-order valence-corrected chi connectivity index (χ4v) is 2.61. The third kappa shape index (κ3) is 6.62. The lowest BCUT2D eigenvalue weighted by molar-refractivity contribution is 0.00149. The summed E-state index contributed by atoms with van der Waals surface area (Å²) in [5.74, 6) is 0.824. The molecule has 0 amide bonds. The number of halogens is 1. The molecule has 6 heteroatoms. The van der Waals surface area contributed by atoms with E-state index in [0.29, 0.717) is 26.4 Å². The molecule has 2 rings (SSSR count). The molecule has 1 heterocycles. The van der Waals surface area contributed by atoms with E-state index < -0.39 is 6.10 Å². The number of ether oxygens (including phenoxy) is 2. The van der Waals surface area contributed by atoms with Gasteiger partial charge in [-0.2, -0.15) is 0 Å². The van der Waals surface area contributed by atoms with E-state index in [-0.39, 0.29) is 0 Å². The van der Waals surface area contributed by atoms with E-state index >= 15 is 0 Å². The molecule has 0 saturated carbocycles. The van der Waals surface area contributed by atoms with Gasteiger partial charge in [0.25, 0.3) is 0 Å². The van der Waals surface area contributed by atoms with Crippen molar-refractivity contribution in [3.8, 4) is 5.75 Å². The van der Waals surface area contributed by atoms with Gasteiger partial charge in [0.1, 0.15) is 12.4 Å². The van der Waals surface area contributed by atoms with Gasteiger partial charge in [0.2, 0.25) is 0 Å². The van der Waals surface area contributed by atoms with Gasteiger partial charge in [-0.3, -0.25) is 4.90 Å². The van der Waals surface area contributed by atoms with Crippen molar-refractivity contribution in [1.82, 2.24) is 9.80 Å². The van der Waals surface area contributed by atoms with Gasteiger partial charge in [-0.05, 0) is 31.3 Å². The highest BCUT2D eigenvalue weighted by Gasteiger charge is 2.16. The molecule has 0 unspecified atom stereocenters. The van der Waals surface area contributed by atoms with Crippen LogP contribution in [0.15, 0.2) is 28.7 Å². The van der Waals surface area contributed by atoms with Crippen LogP contribution in [0.1, 0.15) is 0 Å². The Kier molecular flexibility index (Phi) is 7.62. The molecular formula is C16H25BrN2O3.